The van der Waals surface area contributed by atoms with E-state index in [0.717, 1.165) is 23.3 Å². The first-order valence-corrected chi connectivity index (χ1v) is 11.1. The second-order valence-electron chi connectivity index (χ2n) is 8.34. The molecular weight excluding hydrogens is 421 g/mol. The third-order valence-corrected chi connectivity index (χ3v) is 5.84. The van der Waals surface area contributed by atoms with Crippen molar-refractivity contribution < 1.29 is 18.4 Å². The van der Waals surface area contributed by atoms with Gasteiger partial charge in [0.1, 0.15) is 17.3 Å². The quantitative estimate of drug-likeness (QED) is 0.524. The van der Waals surface area contributed by atoms with Gasteiger partial charge in [-0.1, -0.05) is 48.0 Å². The molecule has 6 nitrogen and oxygen atoms in total. The van der Waals surface area contributed by atoms with Crippen LogP contribution < -0.4 is 10.1 Å². The minimum absolute atomic E-state index is 0.138. The molecule has 1 unspecified atom stereocenters. The van der Waals surface area contributed by atoms with Crippen molar-refractivity contribution in [3.8, 4) is 5.75 Å². The normalized spacial score (nSPS) is 17.2. The highest BCUT2D eigenvalue weighted by atomic mass is 19.1. The van der Waals surface area contributed by atoms with Gasteiger partial charge < -0.3 is 19.5 Å². The maximum absolute atomic E-state index is 13.3. The molecule has 172 valence electrons. The van der Waals surface area contributed by atoms with Crippen LogP contribution in [0.1, 0.15) is 30.2 Å². The van der Waals surface area contributed by atoms with E-state index >= 15 is 0 Å². The highest BCUT2D eigenvalue weighted by Gasteiger charge is 2.25. The first-order chi connectivity index (χ1) is 16.0. The average molecular weight is 450 g/mol. The van der Waals surface area contributed by atoms with Crippen LogP contribution in [0.15, 0.2) is 64.8 Å². The van der Waals surface area contributed by atoms with Crippen molar-refractivity contribution in [1.29, 1.82) is 0 Å². The number of likely N-dealkylation sites (tertiary alicyclic amines) is 1. The highest BCUT2D eigenvalue weighted by molar-refractivity contribution is 5.89. The Morgan fingerprint density at radius 3 is 2.91 bits per heavy atom. The molecule has 0 aliphatic carbocycles. The lowest BCUT2D eigenvalue weighted by atomic mass is 9.91. The van der Waals surface area contributed by atoms with Gasteiger partial charge in [-0.15, -0.1) is 0 Å². The van der Waals surface area contributed by atoms with Gasteiger partial charge in [0.15, 0.2) is 5.76 Å². The zero-order chi connectivity index (χ0) is 23.2. The van der Waals surface area contributed by atoms with E-state index in [-0.39, 0.29) is 17.8 Å². The number of aryl methyl sites for hydroxylation is 1. The van der Waals surface area contributed by atoms with Crippen LogP contribution in [-0.4, -0.2) is 35.8 Å². The Morgan fingerprint density at radius 2 is 2.15 bits per heavy atom. The summed E-state index contributed by atoms with van der Waals surface area (Å²) in [4.78, 5) is 14.4. The second kappa shape index (κ2) is 10.3. The van der Waals surface area contributed by atoms with E-state index < -0.39 is 0 Å². The van der Waals surface area contributed by atoms with Crippen LogP contribution in [0.5, 0.6) is 5.75 Å². The molecule has 2 heterocycles. The second-order valence-corrected chi connectivity index (χ2v) is 8.34. The number of carbonyl (C=O) groups excluding carboxylic acids is 1. The molecule has 1 atom stereocenters. The number of piperidine rings is 1. The fraction of sp³-hybridized carbons (Fsp3) is 0.308. The van der Waals surface area contributed by atoms with Gasteiger partial charge in [-0.05, 0) is 54.7 Å². The summed E-state index contributed by atoms with van der Waals surface area (Å²) in [6.07, 6.45) is 5.15. The summed E-state index contributed by atoms with van der Waals surface area (Å²) in [6, 6.07) is 14.4. The Bertz CT molecular complexity index is 1140. The van der Waals surface area contributed by atoms with E-state index in [1.807, 2.05) is 35.2 Å². The zero-order valence-electron chi connectivity index (χ0n) is 18.9. The summed E-state index contributed by atoms with van der Waals surface area (Å²) in [5.74, 6) is 1.39. The van der Waals surface area contributed by atoms with E-state index in [2.05, 4.69) is 23.5 Å². The molecule has 3 aromatic rings. The van der Waals surface area contributed by atoms with Crippen LogP contribution in [0.25, 0.3) is 6.08 Å². The number of halogens is 1. The van der Waals surface area contributed by atoms with Crippen molar-refractivity contribution in [2.75, 3.05) is 25.0 Å². The van der Waals surface area contributed by atoms with Gasteiger partial charge in [-0.3, -0.25) is 0 Å². The van der Waals surface area contributed by atoms with Gasteiger partial charge in [0.25, 0.3) is 0 Å². The maximum atomic E-state index is 13.3. The van der Waals surface area contributed by atoms with Crippen molar-refractivity contribution in [2.24, 2.45) is 5.92 Å². The fourth-order valence-electron chi connectivity index (χ4n) is 3.95. The number of aromatic nitrogens is 1. The number of nitrogens with zero attached hydrogens (tertiary/aromatic N) is 2. The summed E-state index contributed by atoms with van der Waals surface area (Å²) in [5, 5.41) is 6.56. The summed E-state index contributed by atoms with van der Waals surface area (Å²) in [7, 11) is 0. The lowest BCUT2D eigenvalue weighted by Gasteiger charge is -2.33. The predicted octanol–water partition coefficient (Wildman–Crippen LogP) is 5.70. The highest BCUT2D eigenvalue weighted by Crippen LogP contribution is 2.27. The molecule has 1 saturated heterocycles. The Hall–Kier alpha value is -3.61. The summed E-state index contributed by atoms with van der Waals surface area (Å²) >= 11 is 0. The van der Waals surface area contributed by atoms with Crippen molar-refractivity contribution in [1.82, 2.24) is 10.1 Å². The van der Waals surface area contributed by atoms with Crippen molar-refractivity contribution >= 4 is 17.8 Å². The first kappa shape index (κ1) is 22.6. The van der Waals surface area contributed by atoms with Crippen molar-refractivity contribution in [3.05, 3.63) is 83.0 Å². The van der Waals surface area contributed by atoms with E-state index in [9.17, 15) is 9.18 Å². The third kappa shape index (κ3) is 6.00. The number of rotatable bonds is 6. The number of ether oxygens (including phenoxy) is 1. The van der Waals surface area contributed by atoms with Crippen LogP contribution in [-0.2, 0) is 6.42 Å². The summed E-state index contributed by atoms with van der Waals surface area (Å²) in [6.45, 7) is 5.68. The third-order valence-electron chi connectivity index (χ3n) is 5.84. The molecule has 1 fully saturated rings. The molecule has 2 aromatic carbocycles. The predicted molar refractivity (Wildman–Crippen MR) is 126 cm³/mol. The molecule has 33 heavy (non-hydrogen) atoms. The largest absolute Gasteiger partial charge is 0.493 e. The van der Waals surface area contributed by atoms with Crippen molar-refractivity contribution in [3.63, 3.8) is 0 Å². The molecule has 4 rings (SSSR count). The number of amides is 2. The molecule has 1 aliphatic rings. The van der Waals surface area contributed by atoms with Crippen LogP contribution in [0.4, 0.5) is 14.9 Å². The molecule has 2 amide bonds. The number of anilines is 1. The fourth-order valence-corrected chi connectivity index (χ4v) is 3.95. The lowest BCUT2D eigenvalue weighted by Crippen LogP contribution is -2.42. The Labute approximate surface area is 193 Å². The molecular formula is C26H28FN3O3. The number of urea groups is 1. The van der Waals surface area contributed by atoms with Crippen LogP contribution >= 0.6 is 0 Å². The summed E-state index contributed by atoms with van der Waals surface area (Å²) in [5.41, 5.74) is 3.88. The minimum atomic E-state index is -0.229. The van der Waals surface area contributed by atoms with E-state index in [0.29, 0.717) is 37.6 Å². The Kier molecular flexibility index (Phi) is 7.07. The van der Waals surface area contributed by atoms with Crippen LogP contribution in [0, 0.1) is 18.7 Å². The number of carbonyl (C=O) groups is 1. The van der Waals surface area contributed by atoms with Gasteiger partial charge in [0.05, 0.1) is 12.8 Å². The molecule has 1 N–H and O–H groups in total. The summed E-state index contributed by atoms with van der Waals surface area (Å²) < 4.78 is 24.2. The Balaban J connectivity index is 1.32. The van der Waals surface area contributed by atoms with Gasteiger partial charge in [0, 0.05) is 19.5 Å². The van der Waals surface area contributed by atoms with Crippen LogP contribution in [0.2, 0.25) is 0 Å². The molecule has 0 spiro atoms. The molecule has 0 bridgehead atoms. The van der Waals surface area contributed by atoms with Gasteiger partial charge in [-0.25, -0.2) is 9.18 Å². The Morgan fingerprint density at radius 1 is 1.30 bits per heavy atom. The number of nitrogens with one attached hydrogen (secondary N) is 1. The number of hydrogen-bond donors (Lipinski definition) is 1. The smallest absolute Gasteiger partial charge is 0.322 e. The lowest BCUT2D eigenvalue weighted by molar-refractivity contribution is 0.197. The standard InChI is InChI=1S/C26H28FN3O3/c1-18-17-30(26(31)29-25-16-28-33-19(25)2)11-9-22(18)13-21-6-4-8-24(15-21)32-12-10-20-5-3-7-23(27)14-20/h3-8,13-16,18H,9-12,17H2,1-2H3,(H,29,31). The molecule has 1 aliphatic heterocycles. The van der Waals surface area contributed by atoms with Gasteiger partial charge in [0.2, 0.25) is 0 Å². The van der Waals surface area contributed by atoms with E-state index in [1.165, 1.54) is 23.9 Å². The van der Waals surface area contributed by atoms with Gasteiger partial charge in [-0.2, -0.15) is 0 Å². The van der Waals surface area contributed by atoms with Crippen LogP contribution in [0.3, 0.4) is 0 Å². The molecule has 0 radical (unpaired) electrons. The monoisotopic (exact) mass is 449 g/mol. The first-order valence-electron chi connectivity index (χ1n) is 11.1. The topological polar surface area (TPSA) is 67.6 Å². The molecule has 0 saturated carbocycles. The number of benzene rings is 2. The average Bonchev–Trinajstić information content (AvgIpc) is 3.20. The van der Waals surface area contributed by atoms with Gasteiger partial charge >= 0.3 is 6.03 Å². The minimum Gasteiger partial charge on any atom is -0.493 e. The molecule has 1 aromatic heterocycles. The molecule has 7 heteroatoms. The van der Waals surface area contributed by atoms with E-state index in [1.54, 1.807) is 13.0 Å². The van der Waals surface area contributed by atoms with Crippen molar-refractivity contribution in [2.45, 2.75) is 26.7 Å². The number of hydrogen-bond acceptors (Lipinski definition) is 4. The van der Waals surface area contributed by atoms with E-state index in [4.69, 9.17) is 9.26 Å². The maximum Gasteiger partial charge on any atom is 0.322 e. The zero-order valence-corrected chi connectivity index (χ0v) is 18.9. The SMILES string of the molecule is Cc1oncc1NC(=O)N1CCC(=Cc2cccc(OCCc3cccc(F)c3)c2)C(C)C1.